The quantitative estimate of drug-likeness (QED) is 0.788. The third-order valence-electron chi connectivity index (χ3n) is 2.23. The zero-order chi connectivity index (χ0) is 11.6. The molecular weight excluding hydrogens is 205 g/mol. The van der Waals surface area contributed by atoms with Gasteiger partial charge in [-0.3, -0.25) is 0 Å². The van der Waals surface area contributed by atoms with Crippen LogP contribution < -0.4 is 5.32 Å². The van der Waals surface area contributed by atoms with E-state index in [1.807, 2.05) is 20.8 Å². The summed E-state index contributed by atoms with van der Waals surface area (Å²) in [5, 5.41) is 2.71. The topological polar surface area (TPSA) is 24.9 Å². The van der Waals surface area contributed by atoms with E-state index in [2.05, 4.69) is 10.3 Å². The molecule has 84 valence electrons. The van der Waals surface area contributed by atoms with Crippen molar-refractivity contribution in [3.63, 3.8) is 0 Å². The average Bonchev–Trinajstić information content (AvgIpc) is 2.14. The summed E-state index contributed by atoms with van der Waals surface area (Å²) in [6, 6.07) is 0.483. The van der Waals surface area contributed by atoms with E-state index in [4.69, 9.17) is 0 Å². The Bertz CT molecular complexity index is 364. The summed E-state index contributed by atoms with van der Waals surface area (Å²) in [7, 11) is 0. The maximum atomic E-state index is 13.2. The third-order valence-corrected chi connectivity index (χ3v) is 2.23. The van der Waals surface area contributed by atoms with Gasteiger partial charge in [0.2, 0.25) is 0 Å². The highest BCUT2D eigenvalue weighted by molar-refractivity contribution is 5.38. The summed E-state index contributed by atoms with van der Waals surface area (Å²) in [6.07, 6.45) is 0.702. The molecule has 0 unspecified atom stereocenters. The Labute approximate surface area is 86.5 Å². The Morgan fingerprint density at radius 2 is 1.87 bits per heavy atom. The first-order valence-corrected chi connectivity index (χ1v) is 4.65. The average molecular weight is 218 g/mol. The van der Waals surface area contributed by atoms with E-state index in [1.165, 1.54) is 0 Å². The number of rotatable bonds is 3. The molecule has 0 aliphatic heterocycles. The van der Waals surface area contributed by atoms with Gasteiger partial charge in [0.05, 0.1) is 0 Å². The minimum atomic E-state index is -1.30. The summed E-state index contributed by atoms with van der Waals surface area (Å²) in [4.78, 5) is 3.18. The van der Waals surface area contributed by atoms with Crippen molar-refractivity contribution in [2.75, 3.05) is 5.32 Å². The number of aromatic nitrogens is 1. The van der Waals surface area contributed by atoms with Crippen molar-refractivity contribution in [1.29, 1.82) is 0 Å². The number of anilines is 1. The Hall–Kier alpha value is -1.26. The summed E-state index contributed by atoms with van der Waals surface area (Å²) in [5.74, 6) is -3.74. The van der Waals surface area contributed by atoms with E-state index in [1.54, 1.807) is 0 Å². The first kappa shape index (κ1) is 11.8. The maximum absolute atomic E-state index is 13.2. The molecule has 1 aromatic heterocycles. The minimum absolute atomic E-state index is 0.263. The van der Waals surface area contributed by atoms with Crippen LogP contribution >= 0.6 is 0 Å². The molecule has 0 amide bonds. The molecule has 0 atom stereocenters. The number of nitrogens with one attached hydrogen (secondary N) is 1. The Morgan fingerprint density at radius 1 is 1.27 bits per heavy atom. The van der Waals surface area contributed by atoms with Gasteiger partial charge in [-0.15, -0.1) is 0 Å². The second-order valence-corrected chi connectivity index (χ2v) is 3.95. The van der Waals surface area contributed by atoms with Crippen molar-refractivity contribution in [2.24, 2.45) is 0 Å². The van der Waals surface area contributed by atoms with Crippen LogP contribution in [0.15, 0.2) is 6.07 Å². The van der Waals surface area contributed by atoms with Crippen LogP contribution in [-0.4, -0.2) is 10.5 Å². The number of pyridine rings is 1. The molecule has 0 fully saturated rings. The first-order chi connectivity index (χ1) is 6.85. The van der Waals surface area contributed by atoms with Gasteiger partial charge in [0.25, 0.3) is 5.95 Å². The van der Waals surface area contributed by atoms with Gasteiger partial charge in [-0.25, -0.2) is 8.78 Å². The molecule has 0 aliphatic carbocycles. The van der Waals surface area contributed by atoms with Crippen molar-refractivity contribution < 1.29 is 13.2 Å². The second-order valence-electron chi connectivity index (χ2n) is 3.95. The Morgan fingerprint density at radius 3 is 2.40 bits per heavy atom. The zero-order valence-electron chi connectivity index (χ0n) is 8.87. The summed E-state index contributed by atoms with van der Waals surface area (Å²) in [6.45, 7) is 5.52. The van der Waals surface area contributed by atoms with Gasteiger partial charge < -0.3 is 5.32 Å². The van der Waals surface area contributed by atoms with E-state index in [0.717, 1.165) is 0 Å². The predicted octanol–water partition coefficient (Wildman–Crippen LogP) is 3.10. The monoisotopic (exact) mass is 218 g/mol. The molecule has 0 aliphatic rings. The van der Waals surface area contributed by atoms with Gasteiger partial charge in [0, 0.05) is 11.6 Å². The van der Waals surface area contributed by atoms with Crippen molar-refractivity contribution in [3.8, 4) is 0 Å². The van der Waals surface area contributed by atoms with Gasteiger partial charge in [0.1, 0.15) is 0 Å². The molecular formula is C10H13F3N2. The van der Waals surface area contributed by atoms with Crippen molar-refractivity contribution in [1.82, 2.24) is 4.98 Å². The molecule has 2 nitrogen and oxygen atoms in total. The molecule has 0 aromatic carbocycles. The SMILES string of the molecule is CCC(C)(C)Nc1nc(F)c(F)cc1F. The molecule has 0 saturated carbocycles. The molecule has 1 rings (SSSR count). The van der Waals surface area contributed by atoms with Crippen LogP contribution in [0, 0.1) is 17.6 Å². The first-order valence-electron chi connectivity index (χ1n) is 4.65. The fourth-order valence-electron chi connectivity index (χ4n) is 0.941. The maximum Gasteiger partial charge on any atom is 0.251 e. The lowest BCUT2D eigenvalue weighted by atomic mass is 10.0. The molecule has 5 heteroatoms. The van der Waals surface area contributed by atoms with E-state index in [-0.39, 0.29) is 5.82 Å². The lowest BCUT2D eigenvalue weighted by molar-refractivity contribution is 0.460. The third kappa shape index (κ3) is 2.84. The molecule has 1 N–H and O–H groups in total. The summed E-state index contributed by atoms with van der Waals surface area (Å²) >= 11 is 0. The van der Waals surface area contributed by atoms with Crippen LogP contribution in [-0.2, 0) is 0 Å². The Kier molecular flexibility index (Phi) is 3.21. The number of nitrogens with zero attached hydrogens (tertiary/aromatic N) is 1. The highest BCUT2D eigenvalue weighted by atomic mass is 19.2. The standard InChI is InChI=1S/C10H13F3N2/c1-4-10(2,3)15-9-7(12)5-6(11)8(13)14-9/h5H,4H2,1-3H3,(H,14,15). The van der Waals surface area contributed by atoms with Crippen LogP contribution in [0.2, 0.25) is 0 Å². The summed E-state index contributed by atoms with van der Waals surface area (Å²) < 4.78 is 38.5. The molecule has 0 bridgehead atoms. The van der Waals surface area contributed by atoms with Gasteiger partial charge in [-0.05, 0) is 20.3 Å². The molecule has 0 saturated heterocycles. The van der Waals surface area contributed by atoms with E-state index < -0.39 is 23.1 Å². The largest absolute Gasteiger partial charge is 0.363 e. The Balaban J connectivity index is 3.01. The van der Waals surface area contributed by atoms with Crippen LogP contribution in [0.3, 0.4) is 0 Å². The fraction of sp³-hybridized carbons (Fsp3) is 0.500. The van der Waals surface area contributed by atoms with Gasteiger partial charge in [-0.1, -0.05) is 6.92 Å². The molecule has 15 heavy (non-hydrogen) atoms. The predicted molar refractivity (Wildman–Crippen MR) is 52.1 cm³/mol. The van der Waals surface area contributed by atoms with E-state index in [0.29, 0.717) is 12.5 Å². The van der Waals surface area contributed by atoms with Crippen molar-refractivity contribution in [3.05, 3.63) is 23.6 Å². The summed E-state index contributed by atoms with van der Waals surface area (Å²) in [5.41, 5.74) is -0.419. The van der Waals surface area contributed by atoms with Crippen LogP contribution in [0.4, 0.5) is 19.0 Å². The lowest BCUT2D eigenvalue weighted by Gasteiger charge is -2.25. The zero-order valence-corrected chi connectivity index (χ0v) is 8.87. The number of hydrogen-bond donors (Lipinski definition) is 1. The van der Waals surface area contributed by atoms with Gasteiger partial charge in [0.15, 0.2) is 17.5 Å². The van der Waals surface area contributed by atoms with Gasteiger partial charge >= 0.3 is 0 Å². The van der Waals surface area contributed by atoms with E-state index >= 15 is 0 Å². The van der Waals surface area contributed by atoms with Gasteiger partial charge in [-0.2, -0.15) is 9.37 Å². The van der Waals surface area contributed by atoms with Crippen molar-refractivity contribution >= 4 is 5.82 Å². The van der Waals surface area contributed by atoms with Crippen LogP contribution in [0.5, 0.6) is 0 Å². The normalized spacial score (nSPS) is 11.6. The van der Waals surface area contributed by atoms with Crippen LogP contribution in [0.25, 0.3) is 0 Å². The number of halogens is 3. The molecule has 0 radical (unpaired) electrons. The number of hydrogen-bond acceptors (Lipinski definition) is 2. The fourth-order valence-corrected chi connectivity index (χ4v) is 0.941. The van der Waals surface area contributed by atoms with Crippen LogP contribution in [0.1, 0.15) is 27.2 Å². The molecule has 1 aromatic rings. The molecule has 1 heterocycles. The smallest absolute Gasteiger partial charge is 0.251 e. The molecule has 0 spiro atoms. The minimum Gasteiger partial charge on any atom is -0.363 e. The highest BCUT2D eigenvalue weighted by Crippen LogP contribution is 2.20. The lowest BCUT2D eigenvalue weighted by Crippen LogP contribution is -2.30. The van der Waals surface area contributed by atoms with E-state index in [9.17, 15) is 13.2 Å². The second kappa shape index (κ2) is 4.08. The highest BCUT2D eigenvalue weighted by Gasteiger charge is 2.19. The van der Waals surface area contributed by atoms with Crippen molar-refractivity contribution in [2.45, 2.75) is 32.7 Å².